The van der Waals surface area contributed by atoms with Crippen LogP contribution in [-0.2, 0) is 23.9 Å². The van der Waals surface area contributed by atoms with Crippen LogP contribution in [0.15, 0.2) is 12.1 Å². The molecule has 0 saturated carbocycles. The van der Waals surface area contributed by atoms with Gasteiger partial charge in [0.25, 0.3) is 5.79 Å². The summed E-state index contributed by atoms with van der Waals surface area (Å²) in [5.74, 6) is -5.22. The molecule has 1 aromatic carbocycles. The average Bonchev–Trinajstić information content (AvgIpc) is 3.40. The van der Waals surface area contributed by atoms with Gasteiger partial charge in [0.15, 0.2) is 0 Å². The van der Waals surface area contributed by atoms with E-state index in [-0.39, 0.29) is 24.0 Å². The maximum atomic E-state index is 11.9. The van der Waals surface area contributed by atoms with Crippen LogP contribution in [0.2, 0.25) is 0 Å². The minimum absolute atomic E-state index is 0.0700. The van der Waals surface area contributed by atoms with E-state index in [2.05, 4.69) is 5.32 Å². The predicted octanol–water partition coefficient (Wildman–Crippen LogP) is -0.146. The van der Waals surface area contributed by atoms with Gasteiger partial charge in [-0.25, -0.2) is 19.5 Å². The summed E-state index contributed by atoms with van der Waals surface area (Å²) in [6.45, 7) is 2.33. The van der Waals surface area contributed by atoms with Gasteiger partial charge >= 0.3 is 24.0 Å². The van der Waals surface area contributed by atoms with Gasteiger partial charge in [0, 0.05) is 25.5 Å². The Hall–Kier alpha value is -3.38. The number of nitrogens with two attached hydrogens (primary N) is 1. The number of rotatable bonds is 5. The third-order valence-electron chi connectivity index (χ3n) is 5.15. The van der Waals surface area contributed by atoms with Gasteiger partial charge in [-0.3, -0.25) is 9.59 Å². The first-order valence-corrected chi connectivity index (χ1v) is 9.06. The van der Waals surface area contributed by atoms with Gasteiger partial charge in [-0.1, -0.05) is 0 Å². The van der Waals surface area contributed by atoms with Crippen LogP contribution in [0.1, 0.15) is 35.7 Å². The molecule has 12 nitrogen and oxygen atoms in total. The molecule has 3 aliphatic heterocycles. The zero-order valence-electron chi connectivity index (χ0n) is 16.0. The second kappa shape index (κ2) is 6.85. The number of primary amides is 1. The largest absolute Gasteiger partial charge is 0.478 e. The Bertz CT molecular complexity index is 964. The summed E-state index contributed by atoms with van der Waals surface area (Å²) in [4.78, 5) is 52.6. The third kappa shape index (κ3) is 3.19. The zero-order chi connectivity index (χ0) is 21.8. The first-order valence-electron chi connectivity index (χ1n) is 9.06. The van der Waals surface area contributed by atoms with Gasteiger partial charge in [0.1, 0.15) is 12.4 Å². The van der Waals surface area contributed by atoms with Crippen LogP contribution in [0.5, 0.6) is 5.75 Å². The third-order valence-corrected chi connectivity index (χ3v) is 5.15. The van der Waals surface area contributed by atoms with Gasteiger partial charge in [0.05, 0.1) is 29.8 Å². The highest BCUT2D eigenvalue weighted by atomic mass is 16.8. The normalized spacial score (nSPS) is 27.9. The van der Waals surface area contributed by atoms with E-state index >= 15 is 0 Å². The number of esters is 2. The second-order valence-corrected chi connectivity index (χ2v) is 7.21. The van der Waals surface area contributed by atoms with Crippen LogP contribution in [0.3, 0.4) is 0 Å². The number of ether oxygens (including phenoxy) is 3. The maximum absolute atomic E-state index is 11.9. The minimum atomic E-state index is -1.61. The lowest BCUT2D eigenvalue weighted by Gasteiger charge is -2.49. The van der Waals surface area contributed by atoms with E-state index in [0.29, 0.717) is 17.8 Å². The molecule has 4 unspecified atom stereocenters. The number of aromatic carboxylic acids is 1. The fraction of sp³-hybridized carbons (Fsp3) is 0.444. The van der Waals surface area contributed by atoms with Crippen molar-refractivity contribution in [3.05, 3.63) is 23.3 Å². The van der Waals surface area contributed by atoms with Crippen molar-refractivity contribution in [2.75, 3.05) is 18.2 Å². The van der Waals surface area contributed by atoms with Crippen LogP contribution in [0.25, 0.3) is 0 Å². The van der Waals surface area contributed by atoms with Crippen LogP contribution >= 0.6 is 0 Å². The molecule has 1 aromatic rings. The number of carbonyl (C=O) groups excluding carboxylic acids is 3. The van der Waals surface area contributed by atoms with E-state index in [1.807, 2.05) is 0 Å². The molecule has 160 valence electrons. The van der Waals surface area contributed by atoms with Crippen LogP contribution < -0.4 is 20.9 Å². The topological polar surface area (TPSA) is 177 Å². The van der Waals surface area contributed by atoms with Crippen molar-refractivity contribution < 1.29 is 43.3 Å². The van der Waals surface area contributed by atoms with E-state index in [1.165, 1.54) is 24.1 Å². The molecule has 0 aliphatic carbocycles. The smallest absolute Gasteiger partial charge is 0.404 e. The molecular weight excluding hydrogens is 402 g/mol. The summed E-state index contributed by atoms with van der Waals surface area (Å²) in [5, 5.41) is 14.0. The molecule has 4 rings (SSSR count). The van der Waals surface area contributed by atoms with Crippen LogP contribution in [0.4, 0.5) is 10.5 Å². The molecular formula is C18H19N3O9. The van der Waals surface area contributed by atoms with Gasteiger partial charge in [-0.2, -0.15) is 0 Å². The van der Waals surface area contributed by atoms with Crippen molar-refractivity contribution in [3.8, 4) is 5.75 Å². The molecule has 0 radical (unpaired) electrons. The monoisotopic (exact) mass is 421 g/mol. The van der Waals surface area contributed by atoms with Crippen LogP contribution in [-0.4, -0.2) is 60.1 Å². The Kier molecular flexibility index (Phi) is 4.55. The summed E-state index contributed by atoms with van der Waals surface area (Å²) >= 11 is 0. The fourth-order valence-corrected chi connectivity index (χ4v) is 4.08. The Morgan fingerprint density at radius 3 is 2.63 bits per heavy atom. The summed E-state index contributed by atoms with van der Waals surface area (Å²) in [7, 11) is 0. The number of benzene rings is 1. The number of anilines is 1. The molecule has 0 aromatic heterocycles. The number of hydrogen-bond acceptors (Lipinski definition) is 10. The highest BCUT2D eigenvalue weighted by Crippen LogP contribution is 2.55. The maximum Gasteiger partial charge on any atom is 0.404 e. The van der Waals surface area contributed by atoms with Crippen molar-refractivity contribution in [1.29, 1.82) is 0 Å². The predicted molar refractivity (Wildman–Crippen MR) is 96.6 cm³/mol. The average molecular weight is 421 g/mol. The van der Waals surface area contributed by atoms with Gasteiger partial charge in [0.2, 0.25) is 0 Å². The molecule has 12 heteroatoms. The quantitative estimate of drug-likeness (QED) is 0.327. The second-order valence-electron chi connectivity index (χ2n) is 7.21. The lowest BCUT2D eigenvalue weighted by Crippen LogP contribution is -2.61. The van der Waals surface area contributed by atoms with Crippen molar-refractivity contribution in [1.82, 2.24) is 5.32 Å². The lowest BCUT2D eigenvalue weighted by atomic mass is 9.82. The standard InChI is InChI=1S/C18H19N3O9/c1-7(22)28-13-4-9(16(24)25)3-12-14(13)10(6-27-17(19)26)18(29-8(2)23)15-11(20-15)5-21(12)30-18/h3-4,10-11,15,20H,5-6H2,1-2H3,(H2,19,26)(H,24,25). The van der Waals surface area contributed by atoms with Crippen LogP contribution in [0, 0.1) is 0 Å². The summed E-state index contributed by atoms with van der Waals surface area (Å²) in [5.41, 5.74) is 5.58. The zero-order valence-corrected chi connectivity index (χ0v) is 16.0. The molecule has 3 heterocycles. The highest BCUT2D eigenvalue weighted by Gasteiger charge is 2.68. The molecule has 2 fully saturated rings. The number of carboxylic acid groups (broad SMARTS) is 1. The number of hydrogen-bond donors (Lipinski definition) is 3. The van der Waals surface area contributed by atoms with Crippen molar-refractivity contribution in [2.24, 2.45) is 5.73 Å². The van der Waals surface area contributed by atoms with E-state index in [4.69, 9.17) is 24.8 Å². The van der Waals surface area contributed by atoms with Gasteiger partial charge in [-0.15, -0.1) is 0 Å². The van der Waals surface area contributed by atoms with Gasteiger partial charge in [-0.05, 0) is 12.1 Å². The van der Waals surface area contributed by atoms with E-state index < -0.39 is 41.7 Å². The van der Waals surface area contributed by atoms with E-state index in [0.717, 1.165) is 6.92 Å². The number of carbonyl (C=O) groups is 4. The Morgan fingerprint density at radius 1 is 1.30 bits per heavy atom. The summed E-state index contributed by atoms with van der Waals surface area (Å²) < 4.78 is 15.9. The summed E-state index contributed by atoms with van der Waals surface area (Å²) in [6.07, 6.45) is -1.07. The van der Waals surface area contributed by atoms with Crippen molar-refractivity contribution in [2.45, 2.75) is 37.6 Å². The molecule has 2 saturated heterocycles. The summed E-state index contributed by atoms with van der Waals surface area (Å²) in [6, 6.07) is 1.99. The first-order chi connectivity index (χ1) is 14.1. The molecule has 1 amide bonds. The molecule has 30 heavy (non-hydrogen) atoms. The molecule has 0 spiro atoms. The number of amides is 1. The highest BCUT2D eigenvalue weighted by molar-refractivity contribution is 5.91. The molecule has 4 N–H and O–H groups in total. The fourth-order valence-electron chi connectivity index (χ4n) is 4.08. The number of carboxylic acids is 1. The van der Waals surface area contributed by atoms with Gasteiger partial charge < -0.3 is 30.4 Å². The number of nitrogens with one attached hydrogen (secondary N) is 1. The lowest BCUT2D eigenvalue weighted by molar-refractivity contribution is -0.263. The van der Waals surface area contributed by atoms with E-state index in [1.54, 1.807) is 0 Å². The Labute approximate surface area is 169 Å². The van der Waals surface area contributed by atoms with Crippen molar-refractivity contribution in [3.63, 3.8) is 0 Å². The Morgan fingerprint density at radius 2 is 2.03 bits per heavy atom. The van der Waals surface area contributed by atoms with Crippen molar-refractivity contribution >= 4 is 29.7 Å². The molecule has 3 aliphatic rings. The minimum Gasteiger partial charge on any atom is -0.478 e. The van der Waals surface area contributed by atoms with E-state index in [9.17, 15) is 24.3 Å². The number of hydroxylamine groups is 1. The number of nitrogens with zero attached hydrogens (tertiary/aromatic N) is 1. The Balaban J connectivity index is 1.93. The number of fused-ring (bicyclic) bond motifs is 6. The molecule has 4 atom stereocenters. The SMILES string of the molecule is CC(=O)Oc1cc(C(=O)O)cc2c1C(COC(N)=O)C1(OC(C)=O)ON2CC2NC21. The first kappa shape index (κ1) is 19.9. The molecule has 2 bridgehead atoms.